The highest BCUT2D eigenvalue weighted by molar-refractivity contribution is 5.93. The summed E-state index contributed by atoms with van der Waals surface area (Å²) in [5.41, 5.74) is 0.346. The first kappa shape index (κ1) is 15.2. The first-order valence-electron chi connectivity index (χ1n) is 5.96. The van der Waals surface area contributed by atoms with Gasteiger partial charge in [0.15, 0.2) is 0 Å². The largest absolute Gasteiger partial charge is 0.383 e. The van der Waals surface area contributed by atoms with Crippen LogP contribution in [-0.2, 0) is 4.74 Å². The van der Waals surface area contributed by atoms with E-state index >= 15 is 0 Å². The molecule has 0 saturated heterocycles. The molecule has 0 fully saturated rings. The third-order valence-electron chi connectivity index (χ3n) is 2.38. The number of rotatable bonds is 6. The number of nitrogens with zero attached hydrogens (tertiary/aromatic N) is 4. The molecule has 0 aliphatic rings. The van der Waals surface area contributed by atoms with Crippen LogP contribution in [0.15, 0.2) is 6.07 Å². The number of hydrogen-bond donors (Lipinski definition) is 1. The van der Waals surface area contributed by atoms with Gasteiger partial charge in [0.1, 0.15) is 11.5 Å². The molecule has 7 nitrogen and oxygen atoms in total. The molecule has 0 bridgehead atoms. The molecular formula is C12H21N5O2. The number of aromatic nitrogens is 2. The van der Waals surface area contributed by atoms with E-state index in [2.05, 4.69) is 15.3 Å². The summed E-state index contributed by atoms with van der Waals surface area (Å²) in [5, 5.41) is 2.74. The number of nitrogens with one attached hydrogen (secondary N) is 1. The minimum atomic E-state index is -0.231. The van der Waals surface area contributed by atoms with Gasteiger partial charge >= 0.3 is 0 Å². The Bertz CT molecular complexity index is 408. The molecule has 0 spiro atoms. The van der Waals surface area contributed by atoms with Crippen LogP contribution < -0.4 is 15.1 Å². The van der Waals surface area contributed by atoms with Crippen molar-refractivity contribution in [3.8, 4) is 0 Å². The molecular weight excluding hydrogens is 246 g/mol. The Kier molecular flexibility index (Phi) is 5.50. The Morgan fingerprint density at radius 2 is 1.95 bits per heavy atom. The molecule has 1 aromatic heterocycles. The smallest absolute Gasteiger partial charge is 0.270 e. The lowest BCUT2D eigenvalue weighted by molar-refractivity contribution is 0.0932. The summed E-state index contributed by atoms with van der Waals surface area (Å²) in [4.78, 5) is 24.1. The van der Waals surface area contributed by atoms with Gasteiger partial charge in [-0.05, 0) is 0 Å². The third-order valence-corrected chi connectivity index (χ3v) is 2.38. The second-order valence-electron chi connectivity index (χ2n) is 4.45. The van der Waals surface area contributed by atoms with Crippen molar-refractivity contribution in [1.82, 2.24) is 15.3 Å². The molecule has 0 saturated carbocycles. The highest BCUT2D eigenvalue weighted by Gasteiger charge is 2.13. The summed E-state index contributed by atoms with van der Waals surface area (Å²) in [5.74, 6) is 0.962. The Morgan fingerprint density at radius 3 is 2.47 bits per heavy atom. The SMILES string of the molecule is COCCNC(=O)c1cc(N(C)C)nc(N(C)C)n1. The number of amides is 1. The second kappa shape index (κ2) is 6.89. The van der Waals surface area contributed by atoms with E-state index in [1.54, 1.807) is 18.1 Å². The molecule has 0 aliphatic heterocycles. The monoisotopic (exact) mass is 267 g/mol. The van der Waals surface area contributed by atoms with E-state index in [1.165, 1.54) is 0 Å². The van der Waals surface area contributed by atoms with Gasteiger partial charge in [0.05, 0.1) is 6.61 Å². The predicted molar refractivity (Wildman–Crippen MR) is 74.9 cm³/mol. The highest BCUT2D eigenvalue weighted by atomic mass is 16.5. The molecule has 0 unspecified atom stereocenters. The van der Waals surface area contributed by atoms with Crippen LogP contribution in [-0.4, -0.2) is 64.3 Å². The van der Waals surface area contributed by atoms with E-state index in [0.717, 1.165) is 0 Å². The summed E-state index contributed by atoms with van der Waals surface area (Å²) in [6.07, 6.45) is 0. The van der Waals surface area contributed by atoms with Gasteiger partial charge in [-0.1, -0.05) is 0 Å². The zero-order chi connectivity index (χ0) is 14.4. The number of carbonyl (C=O) groups is 1. The van der Waals surface area contributed by atoms with Crippen LogP contribution in [0.2, 0.25) is 0 Å². The van der Waals surface area contributed by atoms with Gasteiger partial charge in [-0.15, -0.1) is 0 Å². The van der Waals surface area contributed by atoms with Gasteiger partial charge in [0.25, 0.3) is 5.91 Å². The van der Waals surface area contributed by atoms with Crippen molar-refractivity contribution in [3.05, 3.63) is 11.8 Å². The lowest BCUT2D eigenvalue weighted by Crippen LogP contribution is -2.29. The molecule has 1 amide bonds. The maximum absolute atomic E-state index is 12.0. The maximum atomic E-state index is 12.0. The van der Waals surface area contributed by atoms with Crippen molar-refractivity contribution in [2.45, 2.75) is 0 Å². The van der Waals surface area contributed by atoms with Gasteiger partial charge < -0.3 is 19.9 Å². The van der Waals surface area contributed by atoms with E-state index in [-0.39, 0.29) is 5.91 Å². The molecule has 106 valence electrons. The number of hydrogen-bond acceptors (Lipinski definition) is 6. The lowest BCUT2D eigenvalue weighted by atomic mass is 10.3. The van der Waals surface area contributed by atoms with Gasteiger partial charge in [-0.25, -0.2) is 4.98 Å². The first-order chi connectivity index (χ1) is 8.95. The summed E-state index contributed by atoms with van der Waals surface area (Å²) >= 11 is 0. The van der Waals surface area contributed by atoms with Crippen molar-refractivity contribution in [2.24, 2.45) is 0 Å². The minimum absolute atomic E-state index is 0.231. The molecule has 0 aromatic carbocycles. The summed E-state index contributed by atoms with van der Waals surface area (Å²) in [6, 6.07) is 1.66. The van der Waals surface area contributed by atoms with E-state index in [4.69, 9.17) is 4.74 Å². The molecule has 7 heteroatoms. The maximum Gasteiger partial charge on any atom is 0.270 e. The van der Waals surface area contributed by atoms with Crippen molar-refractivity contribution in [2.75, 3.05) is 58.3 Å². The Hall–Kier alpha value is -1.89. The zero-order valence-electron chi connectivity index (χ0n) is 12.1. The molecule has 0 aliphatic carbocycles. The van der Waals surface area contributed by atoms with Gasteiger partial charge in [0, 0.05) is 47.9 Å². The standard InChI is InChI=1S/C12H21N5O2/c1-16(2)10-8-9(11(18)13-6-7-19-5)14-12(15-10)17(3)4/h8H,6-7H2,1-5H3,(H,13,18). The topological polar surface area (TPSA) is 70.6 Å². The van der Waals surface area contributed by atoms with Gasteiger partial charge in [-0.3, -0.25) is 4.79 Å². The van der Waals surface area contributed by atoms with E-state index < -0.39 is 0 Å². The first-order valence-corrected chi connectivity index (χ1v) is 5.96. The lowest BCUT2D eigenvalue weighted by Gasteiger charge is -2.17. The number of methoxy groups -OCH3 is 1. The summed E-state index contributed by atoms with van der Waals surface area (Å²) < 4.78 is 4.89. The normalized spacial score (nSPS) is 10.2. The molecule has 1 rings (SSSR count). The molecule has 0 radical (unpaired) electrons. The molecule has 1 aromatic rings. The Morgan fingerprint density at radius 1 is 1.26 bits per heavy atom. The molecule has 19 heavy (non-hydrogen) atoms. The summed E-state index contributed by atoms with van der Waals surface area (Å²) in [6.45, 7) is 0.922. The van der Waals surface area contributed by atoms with Crippen LogP contribution in [0.3, 0.4) is 0 Å². The second-order valence-corrected chi connectivity index (χ2v) is 4.45. The van der Waals surface area contributed by atoms with Crippen LogP contribution in [0.4, 0.5) is 11.8 Å². The molecule has 0 atom stereocenters. The van der Waals surface area contributed by atoms with Gasteiger partial charge in [0.2, 0.25) is 5.95 Å². The van der Waals surface area contributed by atoms with E-state index in [9.17, 15) is 4.79 Å². The van der Waals surface area contributed by atoms with Crippen molar-refractivity contribution >= 4 is 17.7 Å². The van der Waals surface area contributed by atoms with E-state index in [0.29, 0.717) is 30.6 Å². The van der Waals surface area contributed by atoms with Crippen LogP contribution in [0.1, 0.15) is 10.5 Å². The van der Waals surface area contributed by atoms with Crippen LogP contribution in [0, 0.1) is 0 Å². The minimum Gasteiger partial charge on any atom is -0.383 e. The summed E-state index contributed by atoms with van der Waals surface area (Å²) in [7, 11) is 9.00. The fourth-order valence-electron chi connectivity index (χ4n) is 1.32. The zero-order valence-corrected chi connectivity index (χ0v) is 12.1. The fraction of sp³-hybridized carbons (Fsp3) is 0.583. The number of carbonyl (C=O) groups excluding carboxylic acids is 1. The molecule has 1 heterocycles. The van der Waals surface area contributed by atoms with E-state index in [1.807, 2.05) is 33.1 Å². The predicted octanol–water partition coefficient (Wildman–Crippen LogP) is -0.0152. The average molecular weight is 267 g/mol. The third kappa shape index (κ3) is 4.36. The number of anilines is 2. The Balaban J connectivity index is 2.95. The number of ether oxygens (including phenoxy) is 1. The van der Waals surface area contributed by atoms with Gasteiger partial charge in [-0.2, -0.15) is 4.98 Å². The van der Waals surface area contributed by atoms with Crippen LogP contribution in [0.25, 0.3) is 0 Å². The van der Waals surface area contributed by atoms with Crippen molar-refractivity contribution in [3.63, 3.8) is 0 Å². The fourth-order valence-corrected chi connectivity index (χ4v) is 1.32. The van der Waals surface area contributed by atoms with Crippen LogP contribution >= 0.6 is 0 Å². The highest BCUT2D eigenvalue weighted by Crippen LogP contribution is 2.14. The average Bonchev–Trinajstić information content (AvgIpc) is 2.38. The van der Waals surface area contributed by atoms with Crippen molar-refractivity contribution in [1.29, 1.82) is 0 Å². The van der Waals surface area contributed by atoms with Crippen molar-refractivity contribution < 1.29 is 9.53 Å². The molecule has 1 N–H and O–H groups in total. The quantitative estimate of drug-likeness (QED) is 0.731. The Labute approximate surface area is 113 Å². The van der Waals surface area contributed by atoms with Crippen LogP contribution in [0.5, 0.6) is 0 Å².